The van der Waals surface area contributed by atoms with Gasteiger partial charge >= 0.3 is 5.63 Å². The fourth-order valence-corrected chi connectivity index (χ4v) is 4.06. The van der Waals surface area contributed by atoms with Crippen molar-refractivity contribution in [3.8, 4) is 17.2 Å². The van der Waals surface area contributed by atoms with Crippen LogP contribution in [-0.4, -0.2) is 18.0 Å². The van der Waals surface area contributed by atoms with Gasteiger partial charge in [0.25, 0.3) is 0 Å². The molecule has 1 aromatic heterocycles. The highest BCUT2D eigenvalue weighted by molar-refractivity contribution is 6.07. The lowest BCUT2D eigenvalue weighted by atomic mass is 9.90. The van der Waals surface area contributed by atoms with Crippen molar-refractivity contribution < 1.29 is 23.8 Å². The van der Waals surface area contributed by atoms with Crippen molar-refractivity contribution in [2.75, 3.05) is 7.11 Å². The number of hydrogen-bond acceptors (Lipinski definition) is 6. The summed E-state index contributed by atoms with van der Waals surface area (Å²) in [4.78, 5) is 25.2. The zero-order valence-electron chi connectivity index (χ0n) is 17.3. The summed E-state index contributed by atoms with van der Waals surface area (Å²) >= 11 is 0. The van der Waals surface area contributed by atoms with E-state index in [4.69, 9.17) is 13.9 Å². The molecule has 3 aromatic rings. The van der Waals surface area contributed by atoms with Crippen molar-refractivity contribution in [1.82, 2.24) is 0 Å². The maximum Gasteiger partial charge on any atom is 0.336 e. The number of unbranched alkanes of at least 4 members (excludes halogenated alkanes) is 1. The Morgan fingerprint density at radius 1 is 1.20 bits per heavy atom. The molecule has 1 aliphatic rings. The Morgan fingerprint density at radius 2 is 2.00 bits per heavy atom. The Hall–Kier alpha value is -3.28. The molecule has 0 radical (unpaired) electrons. The van der Waals surface area contributed by atoms with E-state index in [-0.39, 0.29) is 18.0 Å². The zero-order chi connectivity index (χ0) is 21.4. The number of fused-ring (bicyclic) bond motifs is 3. The largest absolute Gasteiger partial charge is 0.504 e. The molecule has 0 bridgehead atoms. The van der Waals surface area contributed by atoms with E-state index in [9.17, 15) is 14.7 Å². The van der Waals surface area contributed by atoms with Gasteiger partial charge in [-0.2, -0.15) is 0 Å². The first-order valence-corrected chi connectivity index (χ1v) is 10.1. The Kier molecular flexibility index (Phi) is 5.24. The molecular formula is C24H24O6. The lowest BCUT2D eigenvalue weighted by Crippen LogP contribution is -2.22. The molecule has 1 N–H and O–H groups in total. The van der Waals surface area contributed by atoms with Crippen LogP contribution in [0, 0.1) is 6.92 Å². The van der Waals surface area contributed by atoms with Gasteiger partial charge in [-0.05, 0) is 54.7 Å². The number of phenols is 1. The number of aryl methyl sites for hydroxylation is 2. The summed E-state index contributed by atoms with van der Waals surface area (Å²) in [6.45, 7) is 3.91. The zero-order valence-corrected chi connectivity index (χ0v) is 17.3. The highest BCUT2D eigenvalue weighted by Crippen LogP contribution is 2.43. The van der Waals surface area contributed by atoms with Gasteiger partial charge < -0.3 is 19.0 Å². The number of methoxy groups -OCH3 is 1. The van der Waals surface area contributed by atoms with E-state index < -0.39 is 11.7 Å². The molecule has 0 amide bonds. The predicted octanol–water partition coefficient (Wildman–Crippen LogP) is 4.86. The number of benzene rings is 2. The average Bonchev–Trinajstić information content (AvgIpc) is 2.71. The van der Waals surface area contributed by atoms with Crippen LogP contribution in [0.3, 0.4) is 0 Å². The summed E-state index contributed by atoms with van der Waals surface area (Å²) in [5, 5.41) is 10.6. The van der Waals surface area contributed by atoms with E-state index >= 15 is 0 Å². The van der Waals surface area contributed by atoms with Crippen LogP contribution in [0.25, 0.3) is 11.0 Å². The van der Waals surface area contributed by atoms with Gasteiger partial charge in [-0.15, -0.1) is 0 Å². The minimum absolute atomic E-state index is 0.0220. The number of hydrogen-bond donors (Lipinski definition) is 1. The Balaban J connectivity index is 1.89. The standard InChI is InChI=1S/C24H24O6/c1-4-5-6-15-11-21(27)29-20-9-13(2)22-17(26)12-18(30-24(22)23(15)20)14-7-8-16(25)19(10-14)28-3/h7-11,18,25H,4-6,12H2,1-3H3. The Labute approximate surface area is 174 Å². The van der Waals surface area contributed by atoms with Crippen molar-refractivity contribution in [2.24, 2.45) is 0 Å². The van der Waals surface area contributed by atoms with E-state index in [1.165, 1.54) is 19.2 Å². The number of ether oxygens (including phenoxy) is 2. The summed E-state index contributed by atoms with van der Waals surface area (Å²) in [6, 6.07) is 8.16. The number of ketones is 1. The van der Waals surface area contributed by atoms with Gasteiger partial charge in [-0.25, -0.2) is 4.79 Å². The minimum atomic E-state index is -0.532. The quantitative estimate of drug-likeness (QED) is 0.607. The second kappa shape index (κ2) is 7.86. The second-order valence-corrected chi connectivity index (χ2v) is 7.63. The highest BCUT2D eigenvalue weighted by Gasteiger charge is 2.32. The normalized spacial score (nSPS) is 15.7. The lowest BCUT2D eigenvalue weighted by molar-refractivity contribution is 0.0852. The van der Waals surface area contributed by atoms with Gasteiger partial charge in [0.15, 0.2) is 17.3 Å². The van der Waals surface area contributed by atoms with E-state index in [1.807, 2.05) is 6.92 Å². The first-order valence-electron chi connectivity index (χ1n) is 10.1. The monoisotopic (exact) mass is 408 g/mol. The molecule has 4 rings (SSSR count). The van der Waals surface area contributed by atoms with E-state index in [2.05, 4.69) is 6.92 Å². The number of Topliss-reactive ketones (excluding diaryl/α,β-unsaturated/α-hetero) is 1. The molecular weight excluding hydrogens is 384 g/mol. The predicted molar refractivity (Wildman–Crippen MR) is 113 cm³/mol. The summed E-state index contributed by atoms with van der Waals surface area (Å²) in [5.41, 5.74) is 2.84. The summed E-state index contributed by atoms with van der Waals surface area (Å²) in [7, 11) is 1.47. The molecule has 0 aliphatic carbocycles. The second-order valence-electron chi connectivity index (χ2n) is 7.63. The van der Waals surface area contributed by atoms with Crippen molar-refractivity contribution in [2.45, 2.75) is 45.6 Å². The molecule has 156 valence electrons. The number of phenolic OH excluding ortho intramolecular Hbond substituents is 1. The van der Waals surface area contributed by atoms with Crippen LogP contribution < -0.4 is 15.1 Å². The maximum atomic E-state index is 13.1. The molecule has 0 spiro atoms. The summed E-state index contributed by atoms with van der Waals surface area (Å²) in [6.07, 6.45) is 2.23. The van der Waals surface area contributed by atoms with Gasteiger partial charge in [0.2, 0.25) is 0 Å². The third kappa shape index (κ3) is 3.43. The molecule has 30 heavy (non-hydrogen) atoms. The SMILES string of the molecule is CCCCc1cc(=O)oc2cc(C)c3c(c12)OC(c1ccc(O)c(OC)c1)CC3=O. The van der Waals surface area contributed by atoms with Crippen molar-refractivity contribution >= 4 is 16.8 Å². The molecule has 2 aromatic carbocycles. The van der Waals surface area contributed by atoms with E-state index in [1.54, 1.807) is 18.2 Å². The molecule has 0 saturated carbocycles. The molecule has 1 atom stereocenters. The van der Waals surface area contributed by atoms with Crippen molar-refractivity contribution in [3.63, 3.8) is 0 Å². The van der Waals surface area contributed by atoms with Crippen molar-refractivity contribution in [1.29, 1.82) is 0 Å². The fourth-order valence-electron chi connectivity index (χ4n) is 4.06. The van der Waals surface area contributed by atoms with Crippen LogP contribution >= 0.6 is 0 Å². The van der Waals surface area contributed by atoms with Gasteiger partial charge in [0.05, 0.1) is 24.5 Å². The van der Waals surface area contributed by atoms with Crippen LogP contribution in [0.1, 0.15) is 59.3 Å². The van der Waals surface area contributed by atoms with Gasteiger partial charge in [-0.3, -0.25) is 4.79 Å². The van der Waals surface area contributed by atoms with Crippen LogP contribution in [0.15, 0.2) is 39.5 Å². The van der Waals surface area contributed by atoms with E-state index in [0.29, 0.717) is 34.5 Å². The van der Waals surface area contributed by atoms with Crippen LogP contribution in [0.2, 0.25) is 0 Å². The first-order chi connectivity index (χ1) is 14.4. The third-order valence-electron chi connectivity index (χ3n) is 5.55. The minimum Gasteiger partial charge on any atom is -0.504 e. The Bertz CT molecular complexity index is 1190. The maximum absolute atomic E-state index is 13.1. The summed E-state index contributed by atoms with van der Waals surface area (Å²) < 4.78 is 17.0. The molecule has 0 fully saturated rings. The van der Waals surface area contributed by atoms with Crippen LogP contribution in [-0.2, 0) is 6.42 Å². The fraction of sp³-hybridized carbons (Fsp3) is 0.333. The highest BCUT2D eigenvalue weighted by atomic mass is 16.5. The number of rotatable bonds is 5. The van der Waals surface area contributed by atoms with E-state index in [0.717, 1.165) is 29.5 Å². The van der Waals surface area contributed by atoms with Gasteiger partial charge in [0.1, 0.15) is 17.4 Å². The smallest absolute Gasteiger partial charge is 0.336 e. The molecule has 1 unspecified atom stereocenters. The lowest BCUT2D eigenvalue weighted by Gasteiger charge is -2.28. The number of carbonyl (C=O) groups is 1. The molecule has 6 heteroatoms. The molecule has 6 nitrogen and oxygen atoms in total. The molecule has 1 aliphatic heterocycles. The molecule has 2 heterocycles. The molecule has 0 saturated heterocycles. The number of carbonyl (C=O) groups excluding carboxylic acids is 1. The number of aromatic hydroxyl groups is 1. The van der Waals surface area contributed by atoms with Gasteiger partial charge in [-0.1, -0.05) is 19.4 Å². The van der Waals surface area contributed by atoms with Crippen molar-refractivity contribution in [3.05, 3.63) is 63.0 Å². The topological polar surface area (TPSA) is 86.0 Å². The Morgan fingerprint density at radius 3 is 2.73 bits per heavy atom. The third-order valence-corrected chi connectivity index (χ3v) is 5.55. The average molecular weight is 408 g/mol. The van der Waals surface area contributed by atoms with Gasteiger partial charge in [0, 0.05) is 6.07 Å². The van der Waals surface area contributed by atoms with Crippen LogP contribution in [0.4, 0.5) is 0 Å². The summed E-state index contributed by atoms with van der Waals surface area (Å²) in [5.74, 6) is 0.778. The van der Waals surface area contributed by atoms with Crippen LogP contribution in [0.5, 0.6) is 17.2 Å². The first kappa shape index (κ1) is 20.0.